The fraction of sp³-hybridized carbons (Fsp3) is 0.692. The molecule has 0 saturated heterocycles. The van der Waals surface area contributed by atoms with Crippen LogP contribution in [0.15, 0.2) is 6.07 Å². The van der Waals surface area contributed by atoms with Crippen molar-refractivity contribution in [1.29, 1.82) is 0 Å². The van der Waals surface area contributed by atoms with Crippen LogP contribution in [0.5, 0.6) is 0 Å². The van der Waals surface area contributed by atoms with Crippen LogP contribution in [0.2, 0.25) is 0 Å². The lowest BCUT2D eigenvalue weighted by Gasteiger charge is -2.28. The zero-order valence-electron chi connectivity index (χ0n) is 11.3. The van der Waals surface area contributed by atoms with E-state index in [0.29, 0.717) is 12.2 Å². The average Bonchev–Trinajstić information content (AvgIpc) is 2.84. The largest absolute Gasteiger partial charge is 0.388 e. The summed E-state index contributed by atoms with van der Waals surface area (Å²) in [4.78, 5) is 13.9. The first-order valence-corrected chi connectivity index (χ1v) is 6.40. The maximum Gasteiger partial charge on any atom is 0.271 e. The van der Waals surface area contributed by atoms with E-state index >= 15 is 0 Å². The van der Waals surface area contributed by atoms with E-state index in [9.17, 15) is 9.90 Å². The van der Waals surface area contributed by atoms with Crippen molar-refractivity contribution in [3.05, 3.63) is 17.5 Å². The number of aromatic nitrogens is 2. The van der Waals surface area contributed by atoms with Gasteiger partial charge in [-0.25, -0.2) is 0 Å². The third-order valence-corrected chi connectivity index (χ3v) is 3.63. The molecule has 1 saturated carbocycles. The lowest BCUT2D eigenvalue weighted by Crippen LogP contribution is -2.42. The molecule has 0 bridgehead atoms. The number of rotatable bonds is 3. The van der Waals surface area contributed by atoms with E-state index in [2.05, 4.69) is 5.10 Å². The van der Waals surface area contributed by atoms with Crippen molar-refractivity contribution in [3.8, 4) is 0 Å². The van der Waals surface area contributed by atoms with Gasteiger partial charge in [-0.2, -0.15) is 5.10 Å². The Bertz CT molecular complexity index is 447. The SMILES string of the molecule is Cc1cc(C(=O)N(C)CC2(O)CCCC2)n(C)n1. The first kappa shape index (κ1) is 13.1. The number of amides is 1. The number of aryl methyl sites for hydroxylation is 2. The minimum absolute atomic E-state index is 0.0848. The summed E-state index contributed by atoms with van der Waals surface area (Å²) < 4.78 is 1.59. The molecule has 0 radical (unpaired) electrons. The monoisotopic (exact) mass is 251 g/mol. The minimum atomic E-state index is -0.696. The number of hydrogen-bond acceptors (Lipinski definition) is 3. The first-order valence-electron chi connectivity index (χ1n) is 6.40. The van der Waals surface area contributed by atoms with Crippen LogP contribution in [0, 0.1) is 6.92 Å². The Morgan fingerprint density at radius 3 is 2.67 bits per heavy atom. The van der Waals surface area contributed by atoms with Crippen LogP contribution in [0.3, 0.4) is 0 Å². The number of aliphatic hydroxyl groups is 1. The quantitative estimate of drug-likeness (QED) is 0.875. The molecule has 1 aliphatic rings. The average molecular weight is 251 g/mol. The molecule has 1 fully saturated rings. The van der Waals surface area contributed by atoms with Crippen molar-refractivity contribution < 1.29 is 9.90 Å². The van der Waals surface area contributed by atoms with Gasteiger partial charge in [0.15, 0.2) is 0 Å². The predicted molar refractivity (Wildman–Crippen MR) is 68.3 cm³/mol. The number of hydrogen-bond donors (Lipinski definition) is 1. The van der Waals surface area contributed by atoms with Crippen LogP contribution in [-0.4, -0.2) is 44.9 Å². The van der Waals surface area contributed by atoms with Crippen molar-refractivity contribution >= 4 is 5.91 Å². The van der Waals surface area contributed by atoms with Crippen LogP contribution >= 0.6 is 0 Å². The van der Waals surface area contributed by atoms with Crippen LogP contribution in [-0.2, 0) is 7.05 Å². The Morgan fingerprint density at radius 2 is 2.17 bits per heavy atom. The van der Waals surface area contributed by atoms with Gasteiger partial charge in [0.1, 0.15) is 5.69 Å². The molecule has 1 aromatic rings. The van der Waals surface area contributed by atoms with Crippen molar-refractivity contribution in [2.24, 2.45) is 7.05 Å². The molecular formula is C13H21N3O2. The number of carbonyl (C=O) groups is 1. The van der Waals surface area contributed by atoms with Gasteiger partial charge in [-0.05, 0) is 25.8 Å². The molecule has 1 heterocycles. The van der Waals surface area contributed by atoms with Gasteiger partial charge in [0.2, 0.25) is 0 Å². The van der Waals surface area contributed by atoms with Crippen LogP contribution < -0.4 is 0 Å². The molecule has 5 heteroatoms. The topological polar surface area (TPSA) is 58.4 Å². The molecule has 0 aromatic carbocycles. The second kappa shape index (κ2) is 4.72. The van der Waals surface area contributed by atoms with E-state index in [1.165, 1.54) is 0 Å². The molecule has 18 heavy (non-hydrogen) atoms. The van der Waals surface area contributed by atoms with Crippen LogP contribution in [0.25, 0.3) is 0 Å². The van der Waals surface area contributed by atoms with E-state index in [-0.39, 0.29) is 5.91 Å². The molecule has 5 nitrogen and oxygen atoms in total. The van der Waals surface area contributed by atoms with Gasteiger partial charge >= 0.3 is 0 Å². The molecule has 1 aromatic heterocycles. The Labute approximate surface area is 107 Å². The van der Waals surface area contributed by atoms with Gasteiger partial charge < -0.3 is 10.0 Å². The van der Waals surface area contributed by atoms with E-state index in [1.54, 1.807) is 29.7 Å². The first-order chi connectivity index (χ1) is 8.41. The normalized spacial score (nSPS) is 18.0. The number of carbonyl (C=O) groups excluding carboxylic acids is 1. The highest BCUT2D eigenvalue weighted by atomic mass is 16.3. The fourth-order valence-corrected chi connectivity index (χ4v) is 2.71. The summed E-state index contributed by atoms with van der Waals surface area (Å²) in [6, 6.07) is 1.78. The van der Waals surface area contributed by atoms with E-state index < -0.39 is 5.60 Å². The van der Waals surface area contributed by atoms with Gasteiger partial charge in [-0.3, -0.25) is 9.48 Å². The van der Waals surface area contributed by atoms with Gasteiger partial charge in [0.05, 0.1) is 11.3 Å². The lowest BCUT2D eigenvalue weighted by atomic mass is 10.0. The summed E-state index contributed by atoms with van der Waals surface area (Å²) in [5, 5.41) is 14.5. The summed E-state index contributed by atoms with van der Waals surface area (Å²) >= 11 is 0. The van der Waals surface area contributed by atoms with Crippen molar-refractivity contribution in [2.45, 2.75) is 38.2 Å². The zero-order valence-corrected chi connectivity index (χ0v) is 11.3. The third kappa shape index (κ3) is 2.56. The molecule has 1 aliphatic carbocycles. The van der Waals surface area contributed by atoms with Crippen molar-refractivity contribution in [2.75, 3.05) is 13.6 Å². The predicted octanol–water partition coefficient (Wildman–Crippen LogP) is 1.11. The maximum atomic E-state index is 12.3. The van der Waals surface area contributed by atoms with Gasteiger partial charge in [-0.15, -0.1) is 0 Å². The molecule has 0 aliphatic heterocycles. The molecule has 1 N–H and O–H groups in total. The smallest absolute Gasteiger partial charge is 0.271 e. The second-order valence-corrected chi connectivity index (χ2v) is 5.39. The minimum Gasteiger partial charge on any atom is -0.388 e. The standard InChI is InChI=1S/C13H21N3O2/c1-10-8-11(16(3)14-10)12(17)15(2)9-13(18)6-4-5-7-13/h8,18H,4-7,9H2,1-3H3. The number of likely N-dealkylation sites (N-methyl/N-ethyl adjacent to an activating group) is 1. The molecule has 0 atom stereocenters. The van der Waals surface area contributed by atoms with Gasteiger partial charge in [0.25, 0.3) is 5.91 Å². The van der Waals surface area contributed by atoms with E-state index in [4.69, 9.17) is 0 Å². The Morgan fingerprint density at radius 1 is 1.56 bits per heavy atom. The zero-order chi connectivity index (χ0) is 13.3. The summed E-state index contributed by atoms with van der Waals surface area (Å²) in [6.07, 6.45) is 3.66. The van der Waals surface area contributed by atoms with Crippen LogP contribution in [0.4, 0.5) is 0 Å². The van der Waals surface area contributed by atoms with Crippen LogP contribution in [0.1, 0.15) is 41.9 Å². The van der Waals surface area contributed by atoms with Gasteiger partial charge in [0, 0.05) is 20.6 Å². The molecule has 1 amide bonds. The fourth-order valence-electron chi connectivity index (χ4n) is 2.71. The molecule has 100 valence electrons. The molecular weight excluding hydrogens is 230 g/mol. The van der Waals surface area contributed by atoms with Crippen molar-refractivity contribution in [3.63, 3.8) is 0 Å². The molecule has 0 spiro atoms. The third-order valence-electron chi connectivity index (χ3n) is 3.63. The Hall–Kier alpha value is -1.36. The maximum absolute atomic E-state index is 12.3. The van der Waals surface area contributed by atoms with Gasteiger partial charge in [-0.1, -0.05) is 12.8 Å². The highest BCUT2D eigenvalue weighted by Gasteiger charge is 2.34. The highest BCUT2D eigenvalue weighted by molar-refractivity contribution is 5.92. The van der Waals surface area contributed by atoms with E-state index in [1.807, 2.05) is 6.92 Å². The molecule has 2 rings (SSSR count). The summed E-state index contributed by atoms with van der Waals surface area (Å²) in [6.45, 7) is 2.26. The highest BCUT2D eigenvalue weighted by Crippen LogP contribution is 2.30. The van der Waals surface area contributed by atoms with Crippen molar-refractivity contribution in [1.82, 2.24) is 14.7 Å². The van der Waals surface area contributed by atoms with E-state index in [0.717, 1.165) is 31.4 Å². The summed E-state index contributed by atoms with van der Waals surface area (Å²) in [7, 11) is 3.50. The summed E-state index contributed by atoms with van der Waals surface area (Å²) in [5.74, 6) is -0.0848. The molecule has 0 unspecified atom stereocenters. The lowest BCUT2D eigenvalue weighted by molar-refractivity contribution is 0.0153. The Balaban J connectivity index is 2.07. The Kier molecular flexibility index (Phi) is 3.43. The second-order valence-electron chi connectivity index (χ2n) is 5.39. The number of nitrogens with zero attached hydrogens (tertiary/aromatic N) is 3. The summed E-state index contributed by atoms with van der Waals surface area (Å²) in [5.41, 5.74) is 0.698.